The Morgan fingerprint density at radius 1 is 0.190 bits per heavy atom. The molecule has 10 aromatic carbocycles. The molecule has 300 valence electrons. The topological polar surface area (TPSA) is 6.48 Å². The lowest BCUT2D eigenvalue weighted by molar-refractivity contribution is 1.25. The summed E-state index contributed by atoms with van der Waals surface area (Å²) in [5.74, 6) is 0. The molecule has 10 rings (SSSR count). The summed E-state index contributed by atoms with van der Waals surface area (Å²) in [7, 11) is 0. The van der Waals surface area contributed by atoms with Crippen molar-refractivity contribution in [1.29, 1.82) is 0 Å². The Morgan fingerprint density at radius 3 is 0.857 bits per heavy atom. The van der Waals surface area contributed by atoms with Crippen LogP contribution < -0.4 is 9.80 Å². The maximum absolute atomic E-state index is 3.94. The number of anilines is 6. The number of rotatable bonds is 11. The Morgan fingerprint density at radius 2 is 0.460 bits per heavy atom. The van der Waals surface area contributed by atoms with Gasteiger partial charge in [-0.1, -0.05) is 198 Å². The number of hydrogen-bond donors (Lipinski definition) is 0. The third kappa shape index (κ3) is 8.74. The standard InChI is InChI=1S/C60H43BrN2/c61-54-36-53(48-27-14-5-15-28-48)41-60(42-54)63(59-39-51(46-23-10-3-11-24-46)35-52(40-59)47-25-12-4-13-26-47)58-34-18-33-57(43-58)62(55-31-16-29-49(37-55)44-19-6-1-7-20-44)56-32-17-30-50(38-56)45-21-8-2-9-22-45/h1-43H. The molecular formula is C60H43BrN2. The lowest BCUT2D eigenvalue weighted by Crippen LogP contribution is -2.13. The van der Waals surface area contributed by atoms with Crippen molar-refractivity contribution in [2.45, 2.75) is 0 Å². The summed E-state index contributed by atoms with van der Waals surface area (Å²) in [5, 5.41) is 0. The van der Waals surface area contributed by atoms with E-state index < -0.39 is 0 Å². The lowest BCUT2D eigenvalue weighted by atomic mass is 9.97. The first kappa shape index (κ1) is 39.4. The van der Waals surface area contributed by atoms with Crippen LogP contribution >= 0.6 is 15.9 Å². The molecule has 0 bridgehead atoms. The molecule has 0 saturated carbocycles. The van der Waals surface area contributed by atoms with Crippen LogP contribution in [0.3, 0.4) is 0 Å². The largest absolute Gasteiger partial charge is 0.310 e. The molecule has 0 atom stereocenters. The highest BCUT2D eigenvalue weighted by Gasteiger charge is 2.21. The number of hydrogen-bond acceptors (Lipinski definition) is 2. The summed E-state index contributed by atoms with van der Waals surface area (Å²) in [5.41, 5.74) is 17.8. The highest BCUT2D eigenvalue weighted by molar-refractivity contribution is 9.10. The molecular weight excluding hydrogens is 829 g/mol. The van der Waals surface area contributed by atoms with Crippen molar-refractivity contribution in [2.75, 3.05) is 9.80 Å². The van der Waals surface area contributed by atoms with Crippen LogP contribution in [0.2, 0.25) is 0 Å². The Labute approximate surface area is 378 Å². The second-order valence-electron chi connectivity index (χ2n) is 15.6. The van der Waals surface area contributed by atoms with E-state index in [2.05, 4.69) is 287 Å². The van der Waals surface area contributed by atoms with Crippen LogP contribution in [0.1, 0.15) is 0 Å². The fourth-order valence-corrected chi connectivity index (χ4v) is 8.89. The minimum atomic E-state index is 1.000. The smallest absolute Gasteiger partial charge is 0.0482 e. The molecule has 0 spiro atoms. The average molecular weight is 872 g/mol. The molecule has 0 aliphatic rings. The van der Waals surface area contributed by atoms with Gasteiger partial charge in [0.15, 0.2) is 0 Å². The van der Waals surface area contributed by atoms with Crippen LogP contribution in [-0.2, 0) is 0 Å². The first-order valence-electron chi connectivity index (χ1n) is 21.3. The van der Waals surface area contributed by atoms with E-state index >= 15 is 0 Å². The van der Waals surface area contributed by atoms with Crippen molar-refractivity contribution in [3.63, 3.8) is 0 Å². The molecule has 0 N–H and O–H groups in total. The Kier molecular flexibility index (Phi) is 11.3. The fraction of sp³-hybridized carbons (Fsp3) is 0. The van der Waals surface area contributed by atoms with Crippen LogP contribution in [0, 0.1) is 0 Å². The molecule has 10 aromatic rings. The quantitative estimate of drug-likeness (QED) is 0.128. The molecule has 0 aliphatic carbocycles. The van der Waals surface area contributed by atoms with Gasteiger partial charge in [0, 0.05) is 38.6 Å². The molecule has 2 nitrogen and oxygen atoms in total. The van der Waals surface area contributed by atoms with Crippen molar-refractivity contribution in [3.8, 4) is 55.6 Å². The monoisotopic (exact) mass is 870 g/mol. The Balaban J connectivity index is 1.20. The van der Waals surface area contributed by atoms with Crippen molar-refractivity contribution in [3.05, 3.63) is 265 Å². The Bertz CT molecular complexity index is 2970. The summed E-state index contributed by atoms with van der Waals surface area (Å²) < 4.78 is 1.000. The maximum Gasteiger partial charge on any atom is 0.0482 e. The van der Waals surface area contributed by atoms with Gasteiger partial charge in [0.05, 0.1) is 0 Å². The highest BCUT2D eigenvalue weighted by atomic mass is 79.9. The summed E-state index contributed by atoms with van der Waals surface area (Å²) in [6.45, 7) is 0. The molecule has 0 saturated heterocycles. The second-order valence-corrected chi connectivity index (χ2v) is 16.5. The van der Waals surface area contributed by atoms with E-state index in [0.29, 0.717) is 0 Å². The molecule has 0 heterocycles. The molecule has 0 radical (unpaired) electrons. The van der Waals surface area contributed by atoms with Crippen molar-refractivity contribution >= 4 is 50.1 Å². The lowest BCUT2D eigenvalue weighted by Gasteiger charge is -2.30. The van der Waals surface area contributed by atoms with Gasteiger partial charge in [0.2, 0.25) is 0 Å². The zero-order valence-electron chi connectivity index (χ0n) is 34.6. The zero-order chi connectivity index (χ0) is 42.4. The highest BCUT2D eigenvalue weighted by Crippen LogP contribution is 2.45. The molecule has 0 aliphatic heterocycles. The molecule has 0 fully saturated rings. The van der Waals surface area contributed by atoms with E-state index in [1.165, 1.54) is 11.1 Å². The second kappa shape index (κ2) is 18.1. The number of halogens is 1. The summed E-state index contributed by atoms with van der Waals surface area (Å²) >= 11 is 3.94. The third-order valence-corrected chi connectivity index (χ3v) is 11.9. The molecule has 0 amide bonds. The van der Waals surface area contributed by atoms with Gasteiger partial charge < -0.3 is 9.80 Å². The predicted octanol–water partition coefficient (Wildman–Crippen LogP) is 17.7. The molecule has 0 aromatic heterocycles. The maximum atomic E-state index is 3.94. The minimum absolute atomic E-state index is 1.000. The van der Waals surface area contributed by atoms with E-state index in [1.54, 1.807) is 0 Å². The summed E-state index contributed by atoms with van der Waals surface area (Å²) in [6, 6.07) is 93.5. The first-order chi connectivity index (χ1) is 31.1. The van der Waals surface area contributed by atoms with Gasteiger partial charge in [-0.15, -0.1) is 0 Å². The van der Waals surface area contributed by atoms with Crippen LogP contribution in [0.4, 0.5) is 34.1 Å². The molecule has 0 unspecified atom stereocenters. The van der Waals surface area contributed by atoms with Gasteiger partial charge in [0.25, 0.3) is 0 Å². The van der Waals surface area contributed by atoms with Gasteiger partial charge in [0.1, 0.15) is 0 Å². The number of benzene rings is 10. The average Bonchev–Trinajstić information content (AvgIpc) is 3.36. The van der Waals surface area contributed by atoms with E-state index in [9.17, 15) is 0 Å². The third-order valence-electron chi connectivity index (χ3n) is 11.4. The van der Waals surface area contributed by atoms with E-state index in [1.807, 2.05) is 0 Å². The zero-order valence-corrected chi connectivity index (χ0v) is 36.2. The summed E-state index contributed by atoms with van der Waals surface area (Å²) in [6.07, 6.45) is 0. The van der Waals surface area contributed by atoms with Crippen LogP contribution in [0.15, 0.2) is 265 Å². The Hall–Kier alpha value is -7.72. The first-order valence-corrected chi connectivity index (χ1v) is 22.1. The van der Waals surface area contributed by atoms with Crippen molar-refractivity contribution in [1.82, 2.24) is 0 Å². The number of nitrogens with zero attached hydrogens (tertiary/aromatic N) is 2. The fourth-order valence-electron chi connectivity index (χ4n) is 8.41. The van der Waals surface area contributed by atoms with Gasteiger partial charge in [-0.25, -0.2) is 0 Å². The van der Waals surface area contributed by atoms with E-state index in [-0.39, 0.29) is 0 Å². The van der Waals surface area contributed by atoms with Crippen molar-refractivity contribution < 1.29 is 0 Å². The SMILES string of the molecule is Brc1cc(-c2ccccc2)cc(N(c2cc(-c3ccccc3)cc(-c3ccccc3)c2)c2cccc(N(c3cccc(-c4ccccc4)c3)c3cccc(-c4ccccc4)c3)c2)c1. The van der Waals surface area contributed by atoms with Gasteiger partial charge in [-0.3, -0.25) is 0 Å². The van der Waals surface area contributed by atoms with Crippen LogP contribution in [0.5, 0.6) is 0 Å². The summed E-state index contributed by atoms with van der Waals surface area (Å²) in [4.78, 5) is 4.78. The van der Waals surface area contributed by atoms with Crippen molar-refractivity contribution in [2.24, 2.45) is 0 Å². The van der Waals surface area contributed by atoms with Gasteiger partial charge in [-0.05, 0) is 134 Å². The van der Waals surface area contributed by atoms with Crippen LogP contribution in [-0.4, -0.2) is 0 Å². The normalized spacial score (nSPS) is 10.9. The molecule has 3 heteroatoms. The predicted molar refractivity (Wildman–Crippen MR) is 271 cm³/mol. The minimum Gasteiger partial charge on any atom is -0.310 e. The van der Waals surface area contributed by atoms with Crippen LogP contribution in [0.25, 0.3) is 55.6 Å². The molecule has 63 heavy (non-hydrogen) atoms. The van der Waals surface area contributed by atoms with E-state index in [4.69, 9.17) is 0 Å². The van der Waals surface area contributed by atoms with Gasteiger partial charge in [-0.2, -0.15) is 0 Å². The van der Waals surface area contributed by atoms with Gasteiger partial charge >= 0.3 is 0 Å². The van der Waals surface area contributed by atoms with E-state index in [0.717, 1.165) is 83.1 Å².